The van der Waals surface area contributed by atoms with Crippen molar-refractivity contribution in [3.8, 4) is 0 Å². The number of imide groups is 2. The van der Waals surface area contributed by atoms with E-state index in [1.807, 2.05) is 0 Å². The molecule has 216 valence electrons. The first-order chi connectivity index (χ1) is 19.4. The molecule has 0 unspecified atom stereocenters. The number of carbonyl (C=O) groups is 5. The van der Waals surface area contributed by atoms with Gasteiger partial charge in [-0.15, -0.1) is 0 Å². The van der Waals surface area contributed by atoms with Crippen LogP contribution in [-0.2, 0) is 5.60 Å². The second-order valence-corrected chi connectivity index (χ2v) is 9.67. The van der Waals surface area contributed by atoms with Crippen LogP contribution in [0.2, 0.25) is 0 Å². The number of anilines is 1. The summed E-state index contributed by atoms with van der Waals surface area (Å²) in [5, 5.41) is 9.90. The highest BCUT2D eigenvalue weighted by atomic mass is 19.4. The van der Waals surface area contributed by atoms with Crippen molar-refractivity contribution in [2.75, 3.05) is 11.9 Å². The third kappa shape index (κ3) is 3.93. The number of alkyl halides is 6. The lowest BCUT2D eigenvalue weighted by atomic mass is 9.88. The van der Waals surface area contributed by atoms with E-state index in [4.69, 9.17) is 0 Å². The Labute approximate surface area is 231 Å². The van der Waals surface area contributed by atoms with Crippen LogP contribution in [0.15, 0.2) is 54.6 Å². The molecule has 1 N–H and O–H groups in total. The molecule has 0 spiro atoms. The summed E-state index contributed by atoms with van der Waals surface area (Å²) in [5.74, 6) is -4.11. The van der Waals surface area contributed by atoms with Crippen LogP contribution in [0.1, 0.15) is 68.5 Å². The van der Waals surface area contributed by atoms with Crippen LogP contribution in [0.25, 0.3) is 0 Å². The number of carbonyl (C=O) groups excluding carboxylic acids is 5. The first-order valence-electron chi connectivity index (χ1n) is 11.9. The van der Waals surface area contributed by atoms with E-state index in [9.17, 15) is 55.4 Å². The van der Waals surface area contributed by atoms with Gasteiger partial charge in [0, 0.05) is 23.7 Å². The summed E-state index contributed by atoms with van der Waals surface area (Å²) in [5.41, 5.74) is -8.93. The van der Waals surface area contributed by atoms with E-state index < -0.39 is 64.2 Å². The third-order valence-corrected chi connectivity index (χ3v) is 7.19. The van der Waals surface area contributed by atoms with Gasteiger partial charge in [0.15, 0.2) is 5.78 Å². The maximum Gasteiger partial charge on any atom is 0.430 e. The zero-order valence-corrected chi connectivity index (χ0v) is 21.3. The SMILES string of the molecule is Cc1ccc(N2C(=O)c3ccc(C(=O)c4ccc5c(c4)C(=O)N(C)C5=O)cc3C2=O)cc1C(O)(C(F)(F)F)C(F)(F)F. The number of nitrogens with zero attached hydrogens (tertiary/aromatic N) is 2. The number of rotatable bonds is 4. The second kappa shape index (κ2) is 9.08. The van der Waals surface area contributed by atoms with Gasteiger partial charge in [-0.3, -0.25) is 28.9 Å². The first kappa shape index (κ1) is 28.7. The van der Waals surface area contributed by atoms with Crippen molar-refractivity contribution < 1.29 is 55.4 Å². The van der Waals surface area contributed by atoms with Crippen LogP contribution in [0.3, 0.4) is 0 Å². The highest BCUT2D eigenvalue weighted by molar-refractivity contribution is 6.35. The normalized spacial score (nSPS) is 15.5. The second-order valence-electron chi connectivity index (χ2n) is 9.67. The lowest BCUT2D eigenvalue weighted by molar-refractivity contribution is -0.376. The van der Waals surface area contributed by atoms with Gasteiger partial charge in [-0.2, -0.15) is 26.3 Å². The Morgan fingerprint density at radius 3 is 1.64 bits per heavy atom. The van der Waals surface area contributed by atoms with E-state index in [0.29, 0.717) is 4.90 Å². The topological polar surface area (TPSA) is 112 Å². The summed E-state index contributed by atoms with van der Waals surface area (Å²) in [6.45, 7) is 0.891. The number of aryl methyl sites for hydroxylation is 1. The quantitative estimate of drug-likeness (QED) is 0.271. The monoisotopic (exact) mass is 590 g/mol. The minimum Gasteiger partial charge on any atom is -0.369 e. The van der Waals surface area contributed by atoms with Crippen LogP contribution in [0.5, 0.6) is 0 Å². The van der Waals surface area contributed by atoms with Gasteiger partial charge < -0.3 is 5.11 Å². The van der Waals surface area contributed by atoms with Gasteiger partial charge in [0.2, 0.25) is 0 Å². The van der Waals surface area contributed by atoms with E-state index in [2.05, 4.69) is 0 Å². The third-order valence-electron chi connectivity index (χ3n) is 7.19. The number of amides is 4. The summed E-state index contributed by atoms with van der Waals surface area (Å²) in [7, 11) is 1.27. The van der Waals surface area contributed by atoms with Crippen LogP contribution < -0.4 is 4.90 Å². The van der Waals surface area contributed by atoms with Crippen molar-refractivity contribution >= 4 is 35.1 Å². The summed E-state index contributed by atoms with van der Waals surface area (Å²) in [6, 6.07) is 9.07. The molecule has 42 heavy (non-hydrogen) atoms. The first-order valence-corrected chi connectivity index (χ1v) is 11.9. The van der Waals surface area contributed by atoms with Crippen LogP contribution in [-0.4, -0.2) is 58.8 Å². The molecule has 5 rings (SSSR count). The maximum absolute atomic E-state index is 13.5. The van der Waals surface area contributed by atoms with Crippen LogP contribution in [0, 0.1) is 6.92 Å². The van der Waals surface area contributed by atoms with Crippen molar-refractivity contribution in [1.29, 1.82) is 0 Å². The molecule has 0 radical (unpaired) electrons. The number of hydrogen-bond acceptors (Lipinski definition) is 6. The van der Waals surface area contributed by atoms with Gasteiger partial charge in [-0.1, -0.05) is 18.2 Å². The van der Waals surface area contributed by atoms with Gasteiger partial charge in [0.1, 0.15) is 0 Å². The molecule has 2 aliphatic heterocycles. The number of aliphatic hydroxyl groups is 1. The molecular weight excluding hydrogens is 574 g/mol. The Morgan fingerprint density at radius 2 is 1.12 bits per heavy atom. The zero-order valence-electron chi connectivity index (χ0n) is 21.3. The van der Waals surface area contributed by atoms with Gasteiger partial charge in [0.05, 0.1) is 27.9 Å². The molecule has 3 aromatic carbocycles. The molecule has 14 heteroatoms. The number of fused-ring (bicyclic) bond motifs is 2. The molecule has 4 amide bonds. The Hall–Kier alpha value is -4.85. The molecule has 2 heterocycles. The Kier molecular flexibility index (Phi) is 6.20. The van der Waals surface area contributed by atoms with Crippen molar-refractivity contribution in [2.24, 2.45) is 0 Å². The fourth-order valence-electron chi connectivity index (χ4n) is 4.89. The molecule has 0 aliphatic carbocycles. The van der Waals surface area contributed by atoms with Crippen molar-refractivity contribution in [3.63, 3.8) is 0 Å². The van der Waals surface area contributed by atoms with Crippen molar-refractivity contribution in [1.82, 2.24) is 4.90 Å². The molecule has 0 saturated carbocycles. The number of benzene rings is 3. The van der Waals surface area contributed by atoms with E-state index in [1.54, 1.807) is 0 Å². The molecule has 0 atom stereocenters. The average Bonchev–Trinajstić information content (AvgIpc) is 3.30. The summed E-state index contributed by atoms with van der Waals surface area (Å²) in [6.07, 6.45) is -12.4. The van der Waals surface area contributed by atoms with Gasteiger partial charge in [-0.25, -0.2) is 4.90 Å². The maximum atomic E-state index is 13.5. The van der Waals surface area contributed by atoms with Crippen molar-refractivity contribution in [3.05, 3.63) is 99.1 Å². The minimum atomic E-state index is -6.20. The van der Waals surface area contributed by atoms with Crippen LogP contribution >= 0.6 is 0 Å². The van der Waals surface area contributed by atoms with E-state index in [0.717, 1.165) is 36.1 Å². The lowest BCUT2D eigenvalue weighted by Gasteiger charge is -2.34. The van der Waals surface area contributed by atoms with E-state index >= 15 is 0 Å². The van der Waals surface area contributed by atoms with Crippen molar-refractivity contribution in [2.45, 2.75) is 24.9 Å². The largest absolute Gasteiger partial charge is 0.430 e. The predicted octanol–water partition coefficient (Wildman–Crippen LogP) is 4.56. The fourth-order valence-corrected chi connectivity index (χ4v) is 4.89. The molecule has 3 aromatic rings. The Balaban J connectivity index is 1.52. The summed E-state index contributed by atoms with van der Waals surface area (Å²) < 4.78 is 81.3. The molecule has 0 fully saturated rings. The van der Waals surface area contributed by atoms with Crippen LogP contribution in [0.4, 0.5) is 32.0 Å². The minimum absolute atomic E-state index is 0.0141. The molecule has 8 nitrogen and oxygen atoms in total. The Bertz CT molecular complexity index is 1750. The van der Waals surface area contributed by atoms with Gasteiger partial charge >= 0.3 is 12.4 Å². The van der Waals surface area contributed by atoms with Gasteiger partial charge in [0.25, 0.3) is 29.2 Å². The zero-order chi connectivity index (χ0) is 31.1. The molecule has 0 saturated heterocycles. The molecule has 0 bridgehead atoms. The molecule has 0 aromatic heterocycles. The number of ketones is 1. The number of hydrogen-bond donors (Lipinski definition) is 1. The average molecular weight is 590 g/mol. The fraction of sp³-hybridized carbons (Fsp3) is 0.179. The highest BCUT2D eigenvalue weighted by Gasteiger charge is 2.72. The molecular formula is C28H16F6N2O6. The van der Waals surface area contributed by atoms with E-state index in [1.165, 1.54) is 31.3 Å². The molecule has 2 aliphatic rings. The summed E-state index contributed by atoms with van der Waals surface area (Å²) in [4.78, 5) is 65.1. The standard InChI is InChI=1S/C28H16F6N2O6/c1-12-3-6-15(11-20(12)26(42,27(29,30)31)28(32,33)34)36-24(40)17-8-5-14(10-19(17)25(36)41)21(37)13-4-7-16-18(9-13)23(39)35(2)22(16)38/h3-11,42H,1-2H3. The smallest absolute Gasteiger partial charge is 0.369 e. The number of halogens is 6. The lowest BCUT2D eigenvalue weighted by Crippen LogP contribution is -2.54. The Morgan fingerprint density at radius 1 is 0.667 bits per heavy atom. The summed E-state index contributed by atoms with van der Waals surface area (Å²) >= 11 is 0. The van der Waals surface area contributed by atoms with E-state index in [-0.39, 0.29) is 39.4 Å². The van der Waals surface area contributed by atoms with Gasteiger partial charge in [-0.05, 0) is 48.9 Å². The predicted molar refractivity (Wildman–Crippen MR) is 131 cm³/mol. The highest BCUT2D eigenvalue weighted by Crippen LogP contribution is 2.51.